The molecule has 2 nitrogen and oxygen atoms in total. The summed E-state index contributed by atoms with van der Waals surface area (Å²) in [6.07, 6.45) is 1.59. The Hall–Kier alpha value is -1.33. The van der Waals surface area contributed by atoms with Gasteiger partial charge in [-0.2, -0.15) is 10.5 Å². The highest BCUT2D eigenvalue weighted by Crippen LogP contribution is 2.14. The summed E-state index contributed by atoms with van der Waals surface area (Å²) in [6.45, 7) is 0. The highest BCUT2D eigenvalue weighted by atomic mass is 127. The molecule has 0 amide bonds. The summed E-state index contributed by atoms with van der Waals surface area (Å²) < 4.78 is 1.03. The van der Waals surface area contributed by atoms with Crippen LogP contribution in [0.1, 0.15) is 5.56 Å². The van der Waals surface area contributed by atoms with Crippen molar-refractivity contribution in [2.45, 2.75) is 0 Å². The van der Waals surface area contributed by atoms with E-state index in [0.29, 0.717) is 0 Å². The van der Waals surface area contributed by atoms with E-state index in [1.54, 1.807) is 6.08 Å². The maximum Gasteiger partial charge on any atom is 0.130 e. The van der Waals surface area contributed by atoms with Gasteiger partial charge in [0.05, 0.1) is 0 Å². The van der Waals surface area contributed by atoms with Gasteiger partial charge in [-0.15, -0.1) is 0 Å². The van der Waals surface area contributed by atoms with Crippen LogP contribution in [0, 0.1) is 26.2 Å². The van der Waals surface area contributed by atoms with Crippen LogP contribution in [0.2, 0.25) is 0 Å². The first-order valence-electron chi connectivity index (χ1n) is 3.54. The fraction of sp³-hybridized carbons (Fsp3) is 0. The Morgan fingerprint density at radius 2 is 1.85 bits per heavy atom. The number of hydrogen-bond donors (Lipinski definition) is 0. The first kappa shape index (κ1) is 9.76. The van der Waals surface area contributed by atoms with Gasteiger partial charge in [-0.25, -0.2) is 0 Å². The molecule has 0 aliphatic heterocycles. The summed E-state index contributed by atoms with van der Waals surface area (Å²) in [7, 11) is 0. The highest BCUT2D eigenvalue weighted by Gasteiger charge is 1.96. The number of allylic oxidation sites excluding steroid dienone is 1. The van der Waals surface area contributed by atoms with Crippen molar-refractivity contribution in [2.75, 3.05) is 0 Å². The van der Waals surface area contributed by atoms with Crippen LogP contribution in [0.5, 0.6) is 0 Å². The third kappa shape index (κ3) is 2.57. The van der Waals surface area contributed by atoms with Crippen LogP contribution in [0.15, 0.2) is 29.8 Å². The van der Waals surface area contributed by atoms with Gasteiger partial charge >= 0.3 is 0 Å². The minimum atomic E-state index is 0.129. The highest BCUT2D eigenvalue weighted by molar-refractivity contribution is 14.1. The lowest BCUT2D eigenvalue weighted by Gasteiger charge is -1.95. The normalized spacial score (nSPS) is 8.23. The predicted molar refractivity (Wildman–Crippen MR) is 58.4 cm³/mol. The largest absolute Gasteiger partial charge is 0.192 e. The summed E-state index contributed by atoms with van der Waals surface area (Å²) >= 11 is 2.16. The van der Waals surface area contributed by atoms with Crippen molar-refractivity contribution in [1.82, 2.24) is 0 Å². The summed E-state index contributed by atoms with van der Waals surface area (Å²) in [6, 6.07) is 11.2. The van der Waals surface area contributed by atoms with Crippen LogP contribution < -0.4 is 0 Å². The van der Waals surface area contributed by atoms with Crippen LogP contribution >= 0.6 is 22.6 Å². The van der Waals surface area contributed by atoms with Gasteiger partial charge in [-0.3, -0.25) is 0 Å². The molecule has 13 heavy (non-hydrogen) atoms. The van der Waals surface area contributed by atoms with Crippen molar-refractivity contribution >= 4 is 28.7 Å². The van der Waals surface area contributed by atoms with Gasteiger partial charge in [0.2, 0.25) is 0 Å². The van der Waals surface area contributed by atoms with Gasteiger partial charge in [0.1, 0.15) is 17.7 Å². The molecule has 0 fully saturated rings. The molecule has 0 radical (unpaired) electrons. The van der Waals surface area contributed by atoms with Gasteiger partial charge in [0.25, 0.3) is 0 Å². The Bertz CT molecular complexity index is 405. The number of hydrogen-bond acceptors (Lipinski definition) is 2. The molecule has 62 valence electrons. The van der Waals surface area contributed by atoms with Gasteiger partial charge in [0.15, 0.2) is 0 Å². The molecular formula is C10H5IN2. The number of rotatable bonds is 1. The van der Waals surface area contributed by atoms with Crippen molar-refractivity contribution < 1.29 is 0 Å². The molecule has 0 bridgehead atoms. The minimum Gasteiger partial charge on any atom is -0.192 e. The molecule has 0 aliphatic rings. The Labute approximate surface area is 90.2 Å². The van der Waals surface area contributed by atoms with E-state index in [1.807, 2.05) is 36.4 Å². The first-order valence-corrected chi connectivity index (χ1v) is 4.62. The van der Waals surface area contributed by atoms with Crippen LogP contribution in [0.25, 0.3) is 6.08 Å². The lowest BCUT2D eigenvalue weighted by Crippen LogP contribution is -1.80. The van der Waals surface area contributed by atoms with Crippen LogP contribution in [0.4, 0.5) is 0 Å². The number of halogens is 1. The number of benzene rings is 1. The van der Waals surface area contributed by atoms with Crippen molar-refractivity contribution in [3.05, 3.63) is 39.0 Å². The van der Waals surface area contributed by atoms with Crippen molar-refractivity contribution in [3.8, 4) is 12.1 Å². The zero-order valence-electron chi connectivity index (χ0n) is 6.66. The van der Waals surface area contributed by atoms with Gasteiger partial charge < -0.3 is 0 Å². The maximum absolute atomic E-state index is 8.53. The molecule has 1 aromatic rings. The van der Waals surface area contributed by atoms with E-state index in [-0.39, 0.29) is 5.57 Å². The number of nitrogens with zero attached hydrogens (tertiary/aromatic N) is 2. The molecule has 1 aromatic carbocycles. The maximum atomic E-state index is 8.53. The standard InChI is InChI=1S/C10H5IN2/c11-10-4-2-1-3-9(10)5-8(6-12)7-13/h1-5H. The Kier molecular flexibility index (Phi) is 3.48. The smallest absolute Gasteiger partial charge is 0.130 e. The monoisotopic (exact) mass is 280 g/mol. The summed E-state index contributed by atoms with van der Waals surface area (Å²) in [5.74, 6) is 0. The molecule has 1 rings (SSSR count). The van der Waals surface area contributed by atoms with Crippen molar-refractivity contribution in [2.24, 2.45) is 0 Å². The Balaban J connectivity index is 3.14. The lowest BCUT2D eigenvalue weighted by atomic mass is 10.1. The quantitative estimate of drug-likeness (QED) is 0.586. The van der Waals surface area contributed by atoms with Crippen molar-refractivity contribution in [3.63, 3.8) is 0 Å². The van der Waals surface area contributed by atoms with E-state index in [2.05, 4.69) is 22.6 Å². The predicted octanol–water partition coefficient (Wildman–Crippen LogP) is 2.72. The lowest BCUT2D eigenvalue weighted by molar-refractivity contribution is 1.47. The van der Waals surface area contributed by atoms with E-state index in [1.165, 1.54) is 0 Å². The second-order valence-electron chi connectivity index (χ2n) is 2.30. The summed E-state index contributed by atoms with van der Waals surface area (Å²) in [4.78, 5) is 0. The molecule has 0 N–H and O–H groups in total. The van der Waals surface area contributed by atoms with E-state index in [0.717, 1.165) is 9.13 Å². The summed E-state index contributed by atoms with van der Waals surface area (Å²) in [5, 5.41) is 17.1. The molecule has 0 atom stereocenters. The van der Waals surface area contributed by atoms with Crippen LogP contribution in [-0.4, -0.2) is 0 Å². The molecule has 0 aromatic heterocycles. The molecule has 0 heterocycles. The molecule has 0 unspecified atom stereocenters. The topological polar surface area (TPSA) is 47.6 Å². The molecule has 0 spiro atoms. The Morgan fingerprint density at radius 1 is 1.23 bits per heavy atom. The van der Waals surface area contributed by atoms with E-state index >= 15 is 0 Å². The second kappa shape index (κ2) is 4.64. The molecular weight excluding hydrogens is 275 g/mol. The van der Waals surface area contributed by atoms with E-state index in [9.17, 15) is 0 Å². The average Bonchev–Trinajstić information content (AvgIpc) is 2.17. The zero-order chi connectivity index (χ0) is 9.68. The van der Waals surface area contributed by atoms with Gasteiger partial charge in [0, 0.05) is 3.57 Å². The number of nitriles is 2. The van der Waals surface area contributed by atoms with Crippen LogP contribution in [-0.2, 0) is 0 Å². The van der Waals surface area contributed by atoms with E-state index < -0.39 is 0 Å². The second-order valence-corrected chi connectivity index (χ2v) is 3.47. The molecule has 3 heteroatoms. The Morgan fingerprint density at radius 3 is 2.38 bits per heavy atom. The zero-order valence-corrected chi connectivity index (χ0v) is 8.82. The first-order chi connectivity index (χ1) is 6.27. The molecule has 0 aliphatic carbocycles. The van der Waals surface area contributed by atoms with Gasteiger partial charge in [-0.05, 0) is 40.3 Å². The third-order valence-electron chi connectivity index (χ3n) is 1.45. The fourth-order valence-corrected chi connectivity index (χ4v) is 1.38. The average molecular weight is 280 g/mol. The minimum absolute atomic E-state index is 0.129. The fourth-order valence-electron chi connectivity index (χ4n) is 0.837. The SMILES string of the molecule is N#CC(C#N)=Cc1ccccc1I. The van der Waals surface area contributed by atoms with Crippen molar-refractivity contribution in [1.29, 1.82) is 10.5 Å². The van der Waals surface area contributed by atoms with Gasteiger partial charge in [-0.1, -0.05) is 18.2 Å². The molecule has 0 saturated carbocycles. The van der Waals surface area contributed by atoms with Crippen LogP contribution in [0.3, 0.4) is 0 Å². The molecule has 0 saturated heterocycles. The van der Waals surface area contributed by atoms with E-state index in [4.69, 9.17) is 10.5 Å². The third-order valence-corrected chi connectivity index (χ3v) is 2.43. The summed E-state index contributed by atoms with van der Waals surface area (Å²) in [5.41, 5.74) is 1.03.